The molecule has 0 aromatic heterocycles. The van der Waals surface area contributed by atoms with Crippen LogP contribution in [0, 0.1) is 7.05 Å². The Labute approximate surface area is 71.0 Å². The van der Waals surface area contributed by atoms with E-state index < -0.39 is 0 Å². The summed E-state index contributed by atoms with van der Waals surface area (Å²) in [5.74, 6) is 0. The Balaban J connectivity index is 0.000000461. The van der Waals surface area contributed by atoms with Crippen molar-refractivity contribution in [3.05, 3.63) is 7.05 Å². The van der Waals surface area contributed by atoms with Crippen LogP contribution in [0.15, 0.2) is 0 Å². The summed E-state index contributed by atoms with van der Waals surface area (Å²) < 4.78 is 0. The Hall–Kier alpha value is -0.0800. The molecule has 0 aliphatic carbocycles. The fraction of sp³-hybridized carbons (Fsp3) is 0.889. The molecule has 0 aromatic carbocycles. The van der Waals surface area contributed by atoms with Gasteiger partial charge in [-0.25, -0.2) is 0 Å². The first kappa shape index (κ1) is 10.9. The van der Waals surface area contributed by atoms with Gasteiger partial charge in [-0.2, -0.15) is 7.05 Å². The standard InChI is InChI=1S/C7H16N2.C2H6/c1-6-4-8-5-7(2)9(6)3;1-2/h6-9H,3-5H2,1-2H3;1-2H3. The molecule has 1 aliphatic heterocycles. The number of quaternary nitrogens is 1. The normalized spacial score (nSPS) is 37.4. The van der Waals surface area contributed by atoms with Gasteiger partial charge in [0, 0.05) is 13.1 Å². The molecular formula is C9H22N2. The quantitative estimate of drug-likeness (QED) is 0.477. The van der Waals surface area contributed by atoms with Crippen LogP contribution >= 0.6 is 0 Å². The summed E-state index contributed by atoms with van der Waals surface area (Å²) in [6, 6.07) is 1.35. The van der Waals surface area contributed by atoms with E-state index >= 15 is 0 Å². The van der Waals surface area contributed by atoms with Gasteiger partial charge in [-0.05, 0) is 13.8 Å². The molecule has 1 aliphatic rings. The number of hydrogen-bond acceptors (Lipinski definition) is 1. The summed E-state index contributed by atoms with van der Waals surface area (Å²) >= 11 is 0. The highest BCUT2D eigenvalue weighted by Gasteiger charge is 2.19. The van der Waals surface area contributed by atoms with E-state index in [0.29, 0.717) is 12.1 Å². The summed E-state index contributed by atoms with van der Waals surface area (Å²) in [7, 11) is 4.04. The third-order valence-electron chi connectivity index (χ3n) is 2.17. The highest BCUT2D eigenvalue weighted by Crippen LogP contribution is 1.83. The number of nitrogens with one attached hydrogen (secondary N) is 2. The SMILES string of the molecule is CC.[CH2-][NH+]1C(C)CNCC1C. The van der Waals surface area contributed by atoms with E-state index in [0.717, 1.165) is 13.1 Å². The van der Waals surface area contributed by atoms with Crippen LogP contribution < -0.4 is 10.2 Å². The molecule has 2 N–H and O–H groups in total. The van der Waals surface area contributed by atoms with Crippen molar-refractivity contribution in [2.45, 2.75) is 39.8 Å². The smallest absolute Gasteiger partial charge is 0.0735 e. The van der Waals surface area contributed by atoms with Crippen molar-refractivity contribution in [3.8, 4) is 0 Å². The third-order valence-corrected chi connectivity index (χ3v) is 2.17. The monoisotopic (exact) mass is 158 g/mol. The van der Waals surface area contributed by atoms with Crippen LogP contribution in [-0.2, 0) is 0 Å². The molecule has 2 heteroatoms. The van der Waals surface area contributed by atoms with Crippen LogP contribution in [0.1, 0.15) is 27.7 Å². The number of hydrogen-bond donors (Lipinski definition) is 2. The molecule has 0 bridgehead atoms. The van der Waals surface area contributed by atoms with Crippen molar-refractivity contribution < 1.29 is 4.90 Å². The Morgan fingerprint density at radius 3 is 1.82 bits per heavy atom. The molecule has 1 heterocycles. The molecule has 2 atom stereocenters. The second-order valence-corrected chi connectivity index (χ2v) is 3.04. The second-order valence-electron chi connectivity index (χ2n) is 3.04. The van der Waals surface area contributed by atoms with Crippen LogP contribution in [0.25, 0.3) is 0 Å². The molecule has 0 saturated carbocycles. The first-order valence-electron chi connectivity index (χ1n) is 4.61. The predicted molar refractivity (Wildman–Crippen MR) is 49.5 cm³/mol. The van der Waals surface area contributed by atoms with E-state index in [9.17, 15) is 0 Å². The van der Waals surface area contributed by atoms with Gasteiger partial charge >= 0.3 is 0 Å². The molecule has 68 valence electrons. The second kappa shape index (κ2) is 5.56. The van der Waals surface area contributed by atoms with Gasteiger partial charge < -0.3 is 10.2 Å². The predicted octanol–water partition coefficient (Wildman–Crippen LogP) is 0.0693. The minimum atomic E-state index is 0.675. The molecule has 11 heavy (non-hydrogen) atoms. The van der Waals surface area contributed by atoms with E-state index in [-0.39, 0.29) is 0 Å². The molecule has 0 radical (unpaired) electrons. The maximum absolute atomic E-state index is 4.04. The van der Waals surface area contributed by atoms with Gasteiger partial charge in [0.05, 0.1) is 12.1 Å². The van der Waals surface area contributed by atoms with Gasteiger partial charge in [0.2, 0.25) is 0 Å². The zero-order valence-corrected chi connectivity index (χ0v) is 8.28. The van der Waals surface area contributed by atoms with Gasteiger partial charge in [0.1, 0.15) is 0 Å². The topological polar surface area (TPSA) is 16.5 Å². The maximum atomic E-state index is 4.04. The average Bonchev–Trinajstić information content (AvgIpc) is 2.04. The third kappa shape index (κ3) is 3.21. The Kier molecular flexibility index (Phi) is 5.51. The van der Waals surface area contributed by atoms with E-state index in [1.165, 1.54) is 4.90 Å². The van der Waals surface area contributed by atoms with Crippen molar-refractivity contribution >= 4 is 0 Å². The highest BCUT2D eigenvalue weighted by molar-refractivity contribution is 4.64. The minimum Gasteiger partial charge on any atom is -0.461 e. The van der Waals surface area contributed by atoms with Gasteiger partial charge in [0.25, 0.3) is 0 Å². The van der Waals surface area contributed by atoms with E-state index in [1.807, 2.05) is 13.8 Å². The molecule has 0 amide bonds. The van der Waals surface area contributed by atoms with Crippen molar-refractivity contribution in [1.29, 1.82) is 0 Å². The molecule has 1 rings (SSSR count). The summed E-state index contributed by atoms with van der Waals surface area (Å²) in [6.45, 7) is 10.7. The highest BCUT2D eigenvalue weighted by atomic mass is 15.2. The molecule has 1 fully saturated rings. The van der Waals surface area contributed by atoms with Gasteiger partial charge in [-0.1, -0.05) is 13.8 Å². The van der Waals surface area contributed by atoms with E-state index in [1.54, 1.807) is 0 Å². The molecule has 0 aromatic rings. The lowest BCUT2D eigenvalue weighted by Crippen LogP contribution is -3.17. The summed E-state index contributed by atoms with van der Waals surface area (Å²) in [5.41, 5.74) is 0. The van der Waals surface area contributed by atoms with Gasteiger partial charge in [-0.3, -0.25) is 0 Å². The fourth-order valence-corrected chi connectivity index (χ4v) is 1.26. The first-order valence-corrected chi connectivity index (χ1v) is 4.61. The Morgan fingerprint density at radius 1 is 1.18 bits per heavy atom. The zero-order chi connectivity index (χ0) is 8.85. The first-order chi connectivity index (χ1) is 5.22. The number of piperazine rings is 1. The minimum absolute atomic E-state index is 0.675. The van der Waals surface area contributed by atoms with Gasteiger partial charge in [0.15, 0.2) is 0 Å². The lowest BCUT2D eigenvalue weighted by molar-refractivity contribution is -0.905. The van der Waals surface area contributed by atoms with E-state index in [4.69, 9.17) is 0 Å². The Morgan fingerprint density at radius 2 is 1.55 bits per heavy atom. The van der Waals surface area contributed by atoms with Crippen molar-refractivity contribution in [3.63, 3.8) is 0 Å². The zero-order valence-electron chi connectivity index (χ0n) is 8.28. The molecule has 2 nitrogen and oxygen atoms in total. The van der Waals surface area contributed by atoms with E-state index in [2.05, 4.69) is 26.2 Å². The van der Waals surface area contributed by atoms with Crippen LogP contribution in [0.3, 0.4) is 0 Å². The maximum Gasteiger partial charge on any atom is 0.0735 e. The fourth-order valence-electron chi connectivity index (χ4n) is 1.26. The molecular weight excluding hydrogens is 136 g/mol. The number of rotatable bonds is 0. The lowest BCUT2D eigenvalue weighted by Gasteiger charge is -2.38. The van der Waals surface area contributed by atoms with Crippen LogP contribution in [-0.4, -0.2) is 25.2 Å². The molecule has 2 unspecified atom stereocenters. The lowest BCUT2D eigenvalue weighted by atomic mass is 10.1. The largest absolute Gasteiger partial charge is 0.461 e. The molecule has 1 saturated heterocycles. The summed E-state index contributed by atoms with van der Waals surface area (Å²) in [5, 5.41) is 3.35. The average molecular weight is 158 g/mol. The van der Waals surface area contributed by atoms with Crippen molar-refractivity contribution in [2.24, 2.45) is 0 Å². The summed E-state index contributed by atoms with van der Waals surface area (Å²) in [4.78, 5) is 1.41. The van der Waals surface area contributed by atoms with Crippen molar-refractivity contribution in [2.75, 3.05) is 13.1 Å². The van der Waals surface area contributed by atoms with Gasteiger partial charge in [-0.15, -0.1) is 0 Å². The van der Waals surface area contributed by atoms with Crippen LogP contribution in [0.2, 0.25) is 0 Å². The van der Waals surface area contributed by atoms with Crippen LogP contribution in [0.4, 0.5) is 0 Å². The molecule has 0 spiro atoms. The Bertz CT molecular complexity index is 83.6. The van der Waals surface area contributed by atoms with Crippen LogP contribution in [0.5, 0.6) is 0 Å². The summed E-state index contributed by atoms with van der Waals surface area (Å²) in [6.07, 6.45) is 0. The van der Waals surface area contributed by atoms with Crippen molar-refractivity contribution in [1.82, 2.24) is 5.32 Å².